The van der Waals surface area contributed by atoms with E-state index in [1.807, 2.05) is 0 Å². The Morgan fingerprint density at radius 2 is 2.04 bits per heavy atom. The fraction of sp³-hybridized carbons (Fsp3) is 0.231. The van der Waals surface area contributed by atoms with E-state index in [1.165, 1.54) is 13.3 Å². The normalized spacial score (nSPS) is 11.2. The van der Waals surface area contributed by atoms with Crippen LogP contribution in [0.2, 0.25) is 5.02 Å². The predicted molar refractivity (Wildman–Crippen MR) is 85.1 cm³/mol. The topological polar surface area (TPSA) is 84.4 Å². The van der Waals surface area contributed by atoms with Crippen LogP contribution in [0, 0.1) is 5.82 Å². The van der Waals surface area contributed by atoms with Crippen molar-refractivity contribution in [3.63, 3.8) is 0 Å². The predicted octanol–water partition coefficient (Wildman–Crippen LogP) is 2.14. The molecule has 0 saturated heterocycles. The van der Waals surface area contributed by atoms with E-state index in [9.17, 15) is 12.8 Å². The molecular weight excluding hydrogens is 347 g/mol. The van der Waals surface area contributed by atoms with Gasteiger partial charge in [-0.1, -0.05) is 11.6 Å². The van der Waals surface area contributed by atoms with E-state index >= 15 is 0 Å². The summed E-state index contributed by atoms with van der Waals surface area (Å²) in [5.41, 5.74) is 0.149. The Bertz CT molecular complexity index is 830. The standard InChI is InChI=1S/C13H14ClFN4O3S/c1-19(2)12-11(7-16-13(17-12)22-3)18-23(20,21)8-4-5-10(15)9(14)6-8/h4-7,18H,1-3H3. The summed E-state index contributed by atoms with van der Waals surface area (Å²) in [6.45, 7) is 0. The lowest BCUT2D eigenvalue weighted by Crippen LogP contribution is -2.19. The van der Waals surface area contributed by atoms with Crippen LogP contribution >= 0.6 is 11.6 Å². The molecule has 0 saturated carbocycles. The van der Waals surface area contributed by atoms with Crippen molar-refractivity contribution in [1.29, 1.82) is 0 Å². The fourth-order valence-corrected chi connectivity index (χ4v) is 3.03. The average Bonchev–Trinajstić information content (AvgIpc) is 2.49. The molecule has 1 N–H and O–H groups in total. The summed E-state index contributed by atoms with van der Waals surface area (Å²) >= 11 is 5.63. The van der Waals surface area contributed by atoms with Crippen molar-refractivity contribution in [1.82, 2.24) is 9.97 Å². The third-order valence-electron chi connectivity index (χ3n) is 2.80. The van der Waals surface area contributed by atoms with Crippen LogP contribution < -0.4 is 14.4 Å². The van der Waals surface area contributed by atoms with Crippen LogP contribution in [0.15, 0.2) is 29.3 Å². The summed E-state index contributed by atoms with van der Waals surface area (Å²) in [5, 5.41) is -0.285. The third-order valence-corrected chi connectivity index (χ3v) is 4.45. The van der Waals surface area contributed by atoms with Crippen LogP contribution in [0.5, 0.6) is 6.01 Å². The first-order valence-electron chi connectivity index (χ1n) is 6.31. The van der Waals surface area contributed by atoms with Gasteiger partial charge in [-0.2, -0.15) is 4.98 Å². The Hall–Kier alpha value is -2.13. The van der Waals surface area contributed by atoms with Crippen molar-refractivity contribution in [2.24, 2.45) is 0 Å². The molecule has 2 aromatic rings. The second-order valence-electron chi connectivity index (χ2n) is 4.67. The summed E-state index contributed by atoms with van der Waals surface area (Å²) in [6, 6.07) is 3.22. The second kappa shape index (κ2) is 6.55. The zero-order chi connectivity index (χ0) is 17.2. The fourth-order valence-electron chi connectivity index (χ4n) is 1.72. The van der Waals surface area contributed by atoms with Gasteiger partial charge in [-0.15, -0.1) is 0 Å². The monoisotopic (exact) mass is 360 g/mol. The van der Waals surface area contributed by atoms with Gasteiger partial charge in [-0.3, -0.25) is 4.72 Å². The van der Waals surface area contributed by atoms with Crippen molar-refractivity contribution in [3.05, 3.63) is 35.2 Å². The first-order valence-corrected chi connectivity index (χ1v) is 8.17. The Balaban J connectivity index is 2.42. The highest BCUT2D eigenvalue weighted by Crippen LogP contribution is 2.27. The lowest BCUT2D eigenvalue weighted by Gasteiger charge is -2.17. The molecule has 0 unspecified atom stereocenters. The highest BCUT2D eigenvalue weighted by molar-refractivity contribution is 7.92. The molecule has 0 aliphatic rings. The van der Waals surface area contributed by atoms with Crippen LogP contribution in [0.25, 0.3) is 0 Å². The van der Waals surface area contributed by atoms with Crippen LogP contribution in [0.1, 0.15) is 0 Å². The summed E-state index contributed by atoms with van der Waals surface area (Å²) in [4.78, 5) is 9.38. The van der Waals surface area contributed by atoms with Gasteiger partial charge < -0.3 is 9.64 Å². The van der Waals surface area contributed by atoms with Crippen LogP contribution in [-0.2, 0) is 10.0 Å². The highest BCUT2D eigenvalue weighted by atomic mass is 35.5. The zero-order valence-electron chi connectivity index (χ0n) is 12.5. The lowest BCUT2D eigenvalue weighted by molar-refractivity contribution is 0.380. The van der Waals surface area contributed by atoms with Gasteiger partial charge in [0, 0.05) is 14.1 Å². The summed E-state index contributed by atoms with van der Waals surface area (Å²) in [6.07, 6.45) is 1.28. The number of aromatic nitrogens is 2. The van der Waals surface area contributed by atoms with Crippen LogP contribution in [0.4, 0.5) is 15.9 Å². The maximum absolute atomic E-state index is 13.2. The third kappa shape index (κ3) is 3.80. The van der Waals surface area contributed by atoms with Crippen LogP contribution in [0.3, 0.4) is 0 Å². The number of nitrogens with zero attached hydrogens (tertiary/aromatic N) is 3. The van der Waals surface area contributed by atoms with Crippen molar-refractivity contribution < 1.29 is 17.5 Å². The SMILES string of the molecule is COc1ncc(NS(=O)(=O)c2ccc(F)c(Cl)c2)c(N(C)C)n1. The minimum atomic E-state index is -3.98. The van der Waals surface area contributed by atoms with Gasteiger partial charge in [-0.25, -0.2) is 17.8 Å². The molecule has 0 aliphatic heterocycles. The molecule has 23 heavy (non-hydrogen) atoms. The summed E-state index contributed by atoms with van der Waals surface area (Å²) < 4.78 is 45.2. The molecule has 124 valence electrons. The molecule has 1 heterocycles. The summed E-state index contributed by atoms with van der Waals surface area (Å²) in [7, 11) is 0.803. The molecule has 7 nitrogen and oxygen atoms in total. The Kier molecular flexibility index (Phi) is 4.90. The van der Waals surface area contributed by atoms with Gasteiger partial charge >= 0.3 is 6.01 Å². The largest absolute Gasteiger partial charge is 0.467 e. The van der Waals surface area contributed by atoms with E-state index < -0.39 is 15.8 Å². The first kappa shape index (κ1) is 17.2. The number of methoxy groups -OCH3 is 1. The van der Waals surface area contributed by atoms with E-state index in [0.717, 1.165) is 18.2 Å². The number of hydrogen-bond acceptors (Lipinski definition) is 6. The van der Waals surface area contributed by atoms with Crippen molar-refractivity contribution >= 4 is 33.1 Å². The number of anilines is 2. The van der Waals surface area contributed by atoms with Crippen molar-refractivity contribution in [2.45, 2.75) is 4.90 Å². The molecule has 0 amide bonds. The second-order valence-corrected chi connectivity index (χ2v) is 6.76. The molecule has 2 rings (SSSR count). The van der Waals surface area contributed by atoms with E-state index in [0.29, 0.717) is 5.82 Å². The first-order chi connectivity index (χ1) is 10.7. The smallest absolute Gasteiger partial charge is 0.318 e. The van der Waals surface area contributed by atoms with Crippen molar-refractivity contribution in [3.8, 4) is 6.01 Å². The van der Waals surface area contributed by atoms with E-state index in [-0.39, 0.29) is 21.6 Å². The van der Waals surface area contributed by atoms with E-state index in [2.05, 4.69) is 14.7 Å². The highest BCUT2D eigenvalue weighted by Gasteiger charge is 2.20. The number of halogens is 2. The molecule has 0 atom stereocenters. The molecule has 0 spiro atoms. The molecule has 1 aromatic heterocycles. The van der Waals surface area contributed by atoms with Gasteiger partial charge in [0.1, 0.15) is 11.5 Å². The van der Waals surface area contributed by atoms with E-state index in [4.69, 9.17) is 16.3 Å². The van der Waals surface area contributed by atoms with Gasteiger partial charge in [-0.05, 0) is 18.2 Å². The molecular formula is C13H14ClFN4O3S. The molecule has 0 bridgehead atoms. The molecule has 10 heteroatoms. The number of benzene rings is 1. The number of nitrogens with one attached hydrogen (secondary N) is 1. The van der Waals surface area contributed by atoms with Crippen LogP contribution in [-0.4, -0.2) is 39.6 Å². The van der Waals surface area contributed by atoms with Gasteiger partial charge in [0.15, 0.2) is 5.82 Å². The maximum Gasteiger partial charge on any atom is 0.318 e. The zero-order valence-corrected chi connectivity index (χ0v) is 14.1. The number of rotatable bonds is 5. The molecule has 0 radical (unpaired) electrons. The number of hydrogen-bond donors (Lipinski definition) is 1. The Morgan fingerprint density at radius 3 is 2.61 bits per heavy atom. The quantitative estimate of drug-likeness (QED) is 0.879. The molecule has 1 aromatic carbocycles. The van der Waals surface area contributed by atoms with Gasteiger partial charge in [0.25, 0.3) is 10.0 Å². The number of sulfonamides is 1. The van der Waals surface area contributed by atoms with Crippen molar-refractivity contribution in [2.75, 3.05) is 30.8 Å². The van der Waals surface area contributed by atoms with E-state index in [1.54, 1.807) is 19.0 Å². The Morgan fingerprint density at radius 1 is 1.35 bits per heavy atom. The molecule has 0 aliphatic carbocycles. The van der Waals surface area contributed by atoms with Gasteiger partial charge in [0.05, 0.1) is 23.2 Å². The Labute approximate surface area is 138 Å². The average molecular weight is 361 g/mol. The minimum absolute atomic E-state index is 0.0986. The van der Waals surface area contributed by atoms with Gasteiger partial charge in [0.2, 0.25) is 0 Å². The summed E-state index contributed by atoms with van der Waals surface area (Å²) in [5.74, 6) is -0.388. The maximum atomic E-state index is 13.2. The molecule has 0 fully saturated rings. The minimum Gasteiger partial charge on any atom is -0.467 e. The lowest BCUT2D eigenvalue weighted by atomic mass is 10.3. The number of ether oxygens (including phenoxy) is 1.